The van der Waals surface area contributed by atoms with Crippen molar-refractivity contribution in [2.75, 3.05) is 12.4 Å². The molecule has 0 saturated heterocycles. The Kier molecular flexibility index (Phi) is 6.16. The van der Waals surface area contributed by atoms with Gasteiger partial charge in [0.2, 0.25) is 0 Å². The second-order valence-electron chi connectivity index (χ2n) is 6.13. The zero-order valence-electron chi connectivity index (χ0n) is 15.7. The zero-order valence-corrected chi connectivity index (χ0v) is 15.7. The minimum atomic E-state index is -0.328. The molecular formula is C21H21FN4O2. The third-order valence-corrected chi connectivity index (χ3v) is 4.12. The van der Waals surface area contributed by atoms with Crippen molar-refractivity contribution in [3.63, 3.8) is 0 Å². The molecule has 6 nitrogen and oxygen atoms in total. The predicted octanol–water partition coefficient (Wildman–Crippen LogP) is 3.47. The van der Waals surface area contributed by atoms with E-state index in [2.05, 4.69) is 20.6 Å². The van der Waals surface area contributed by atoms with Gasteiger partial charge in [-0.1, -0.05) is 36.4 Å². The van der Waals surface area contributed by atoms with Crippen LogP contribution in [0.2, 0.25) is 0 Å². The normalized spacial score (nSPS) is 10.4. The van der Waals surface area contributed by atoms with E-state index in [-0.39, 0.29) is 24.0 Å². The van der Waals surface area contributed by atoms with Gasteiger partial charge in [0.05, 0.1) is 7.11 Å². The highest BCUT2D eigenvalue weighted by atomic mass is 19.1. The number of hydrogen-bond donors (Lipinski definition) is 2. The maximum absolute atomic E-state index is 13.8. The summed E-state index contributed by atoms with van der Waals surface area (Å²) in [5, 5.41) is 5.87. The lowest BCUT2D eigenvalue weighted by atomic mass is 10.2. The number of aromatic nitrogens is 2. The summed E-state index contributed by atoms with van der Waals surface area (Å²) < 4.78 is 19.0. The molecule has 144 valence electrons. The van der Waals surface area contributed by atoms with Gasteiger partial charge < -0.3 is 15.4 Å². The molecule has 0 radical (unpaired) electrons. The molecule has 3 rings (SSSR count). The number of nitrogens with one attached hydrogen (secondary N) is 2. The van der Waals surface area contributed by atoms with Gasteiger partial charge in [0.15, 0.2) is 0 Å². The van der Waals surface area contributed by atoms with Gasteiger partial charge >= 0.3 is 0 Å². The monoisotopic (exact) mass is 380 g/mol. The molecule has 7 heteroatoms. The minimum absolute atomic E-state index is 0.235. The van der Waals surface area contributed by atoms with E-state index in [4.69, 9.17) is 4.74 Å². The summed E-state index contributed by atoms with van der Waals surface area (Å²) in [6, 6.07) is 15.5. The van der Waals surface area contributed by atoms with E-state index in [0.29, 0.717) is 29.5 Å². The van der Waals surface area contributed by atoms with Crippen LogP contribution in [0.15, 0.2) is 54.6 Å². The summed E-state index contributed by atoms with van der Waals surface area (Å²) in [7, 11) is 1.59. The van der Waals surface area contributed by atoms with Gasteiger partial charge in [-0.15, -0.1) is 0 Å². The molecule has 0 fully saturated rings. The van der Waals surface area contributed by atoms with Crippen LogP contribution in [0.4, 0.5) is 10.2 Å². The summed E-state index contributed by atoms with van der Waals surface area (Å²) in [6.07, 6.45) is 0. The van der Waals surface area contributed by atoms with Crippen molar-refractivity contribution >= 4 is 11.7 Å². The van der Waals surface area contributed by atoms with Crippen molar-refractivity contribution < 1.29 is 13.9 Å². The second-order valence-corrected chi connectivity index (χ2v) is 6.13. The molecule has 2 N–H and O–H groups in total. The van der Waals surface area contributed by atoms with Gasteiger partial charge in [-0.3, -0.25) is 4.79 Å². The molecule has 1 heterocycles. The van der Waals surface area contributed by atoms with Crippen LogP contribution in [0.3, 0.4) is 0 Å². The lowest BCUT2D eigenvalue weighted by molar-refractivity contribution is 0.0945. The first-order valence-electron chi connectivity index (χ1n) is 8.80. The molecule has 28 heavy (non-hydrogen) atoms. The van der Waals surface area contributed by atoms with Gasteiger partial charge in [0.1, 0.15) is 28.9 Å². The molecule has 0 saturated carbocycles. The van der Waals surface area contributed by atoms with Crippen LogP contribution < -0.4 is 15.4 Å². The first kappa shape index (κ1) is 19.3. The molecule has 0 unspecified atom stereocenters. The number of methoxy groups -OCH3 is 1. The third kappa shape index (κ3) is 4.82. The summed E-state index contributed by atoms with van der Waals surface area (Å²) >= 11 is 0. The van der Waals surface area contributed by atoms with Crippen molar-refractivity contribution in [3.05, 3.63) is 83.1 Å². The number of anilines is 1. The maximum Gasteiger partial charge on any atom is 0.270 e. The Hall–Kier alpha value is -3.48. The van der Waals surface area contributed by atoms with Crippen molar-refractivity contribution in [1.29, 1.82) is 0 Å². The number of carbonyl (C=O) groups is 1. The Balaban J connectivity index is 1.68. The molecule has 0 bridgehead atoms. The van der Waals surface area contributed by atoms with Gasteiger partial charge in [-0.05, 0) is 19.1 Å². The Labute approximate surface area is 162 Å². The Morgan fingerprint density at radius 2 is 1.75 bits per heavy atom. The van der Waals surface area contributed by atoms with E-state index >= 15 is 0 Å². The number of carbonyl (C=O) groups excluding carboxylic acids is 1. The quantitative estimate of drug-likeness (QED) is 0.656. The largest absolute Gasteiger partial charge is 0.496 e. The standard InChI is InChI=1S/C21H21FN4O2/c1-14-25-18(21(27)24-13-16-8-4-6-10-19(16)28-2)11-20(26-14)23-12-15-7-3-5-9-17(15)22/h3-11H,12-13H2,1-2H3,(H,24,27)(H,23,25,26). The predicted molar refractivity (Wildman–Crippen MR) is 105 cm³/mol. The van der Waals surface area contributed by atoms with Gasteiger partial charge in [-0.2, -0.15) is 0 Å². The number of rotatable bonds is 7. The molecule has 0 aliphatic heterocycles. The van der Waals surface area contributed by atoms with Crippen LogP contribution in [-0.2, 0) is 13.1 Å². The fraction of sp³-hybridized carbons (Fsp3) is 0.190. The number of benzene rings is 2. The molecule has 1 amide bonds. The maximum atomic E-state index is 13.8. The van der Waals surface area contributed by atoms with E-state index in [1.807, 2.05) is 24.3 Å². The molecule has 0 aliphatic carbocycles. The molecule has 0 atom stereocenters. The molecule has 1 aromatic heterocycles. The molecule has 0 spiro atoms. The van der Waals surface area contributed by atoms with Gasteiger partial charge in [-0.25, -0.2) is 14.4 Å². The average molecular weight is 380 g/mol. The first-order chi connectivity index (χ1) is 13.6. The number of para-hydroxylation sites is 1. The van der Waals surface area contributed by atoms with Crippen LogP contribution in [-0.4, -0.2) is 23.0 Å². The molecule has 2 aromatic carbocycles. The van der Waals surface area contributed by atoms with Crippen molar-refractivity contribution in [3.8, 4) is 5.75 Å². The Morgan fingerprint density at radius 1 is 1.04 bits per heavy atom. The number of nitrogens with zero attached hydrogens (tertiary/aromatic N) is 2. The summed E-state index contributed by atoms with van der Waals surface area (Å²) in [4.78, 5) is 21.0. The number of hydrogen-bond acceptors (Lipinski definition) is 5. The average Bonchev–Trinajstić information content (AvgIpc) is 2.71. The number of halogens is 1. The highest BCUT2D eigenvalue weighted by Crippen LogP contribution is 2.17. The molecular weight excluding hydrogens is 359 g/mol. The lowest BCUT2D eigenvalue weighted by Crippen LogP contribution is -2.24. The highest BCUT2D eigenvalue weighted by Gasteiger charge is 2.12. The Bertz CT molecular complexity index is 978. The lowest BCUT2D eigenvalue weighted by Gasteiger charge is -2.11. The van der Waals surface area contributed by atoms with Crippen molar-refractivity contribution in [2.45, 2.75) is 20.0 Å². The highest BCUT2D eigenvalue weighted by molar-refractivity contribution is 5.92. The van der Waals surface area contributed by atoms with E-state index in [1.165, 1.54) is 6.07 Å². The first-order valence-corrected chi connectivity index (χ1v) is 8.80. The van der Waals surface area contributed by atoms with Crippen LogP contribution in [0, 0.1) is 12.7 Å². The van der Waals surface area contributed by atoms with E-state index in [1.54, 1.807) is 38.3 Å². The third-order valence-electron chi connectivity index (χ3n) is 4.12. The number of amides is 1. The molecule has 3 aromatic rings. The van der Waals surface area contributed by atoms with Crippen molar-refractivity contribution in [1.82, 2.24) is 15.3 Å². The topological polar surface area (TPSA) is 76.1 Å². The van der Waals surface area contributed by atoms with Gasteiger partial charge in [0, 0.05) is 30.3 Å². The zero-order chi connectivity index (χ0) is 19.9. The number of aryl methyl sites for hydroxylation is 1. The minimum Gasteiger partial charge on any atom is -0.496 e. The molecule has 0 aliphatic rings. The second kappa shape index (κ2) is 8.94. The number of ether oxygens (including phenoxy) is 1. The van der Waals surface area contributed by atoms with Crippen LogP contribution in [0.1, 0.15) is 27.4 Å². The van der Waals surface area contributed by atoms with Crippen molar-refractivity contribution in [2.24, 2.45) is 0 Å². The fourth-order valence-corrected chi connectivity index (χ4v) is 2.72. The van der Waals surface area contributed by atoms with Crippen LogP contribution >= 0.6 is 0 Å². The summed E-state index contributed by atoms with van der Waals surface area (Å²) in [6.45, 7) is 2.26. The van der Waals surface area contributed by atoms with Crippen LogP contribution in [0.5, 0.6) is 5.75 Å². The van der Waals surface area contributed by atoms with E-state index < -0.39 is 0 Å². The van der Waals surface area contributed by atoms with Crippen LogP contribution in [0.25, 0.3) is 0 Å². The summed E-state index contributed by atoms with van der Waals surface area (Å²) in [5.41, 5.74) is 1.61. The summed E-state index contributed by atoms with van der Waals surface area (Å²) in [5.74, 6) is 0.981. The smallest absolute Gasteiger partial charge is 0.270 e. The SMILES string of the molecule is COc1ccccc1CNC(=O)c1cc(NCc2ccccc2F)nc(C)n1. The van der Waals surface area contributed by atoms with E-state index in [9.17, 15) is 9.18 Å². The Morgan fingerprint density at radius 3 is 2.50 bits per heavy atom. The van der Waals surface area contributed by atoms with E-state index in [0.717, 1.165) is 5.56 Å². The fourth-order valence-electron chi connectivity index (χ4n) is 2.72. The van der Waals surface area contributed by atoms with Gasteiger partial charge in [0.25, 0.3) is 5.91 Å².